The lowest BCUT2D eigenvalue weighted by molar-refractivity contribution is -0.384. The fourth-order valence-electron chi connectivity index (χ4n) is 3.29. The van der Waals surface area contributed by atoms with Gasteiger partial charge in [-0.05, 0) is 60.2 Å². The van der Waals surface area contributed by atoms with Crippen LogP contribution in [0.15, 0.2) is 71.8 Å². The minimum absolute atomic E-state index is 0.0248. The monoisotopic (exact) mass is 500 g/mol. The summed E-state index contributed by atoms with van der Waals surface area (Å²) in [5.74, 6) is 2.63. The van der Waals surface area contributed by atoms with E-state index < -0.39 is 4.92 Å². The number of nitrogens with one attached hydrogen (secondary N) is 3. The van der Waals surface area contributed by atoms with Crippen molar-refractivity contribution in [3.05, 3.63) is 82.4 Å². The predicted molar refractivity (Wildman–Crippen MR) is 136 cm³/mol. The summed E-state index contributed by atoms with van der Waals surface area (Å²) in [6, 6.07) is 18.6. The summed E-state index contributed by atoms with van der Waals surface area (Å²) in [7, 11) is 1.59. The molecule has 37 heavy (non-hydrogen) atoms. The lowest BCUT2D eigenvalue weighted by atomic mass is 10.2. The molecule has 0 spiro atoms. The largest absolute Gasteiger partial charge is 0.497 e. The molecule has 0 unspecified atom stereocenters. The number of non-ortho nitro benzene ring substituents is 1. The first-order chi connectivity index (χ1) is 18.1. The van der Waals surface area contributed by atoms with E-state index in [0.29, 0.717) is 22.9 Å². The lowest BCUT2D eigenvalue weighted by Crippen LogP contribution is -2.07. The number of benzene rings is 3. The van der Waals surface area contributed by atoms with Crippen molar-refractivity contribution in [1.82, 2.24) is 15.0 Å². The van der Waals surface area contributed by atoms with Gasteiger partial charge in [0.15, 0.2) is 11.5 Å². The maximum atomic E-state index is 10.9. The molecule has 0 fully saturated rings. The first-order valence-electron chi connectivity index (χ1n) is 10.9. The van der Waals surface area contributed by atoms with Crippen molar-refractivity contribution in [2.24, 2.45) is 5.10 Å². The average Bonchev–Trinajstić information content (AvgIpc) is 3.37. The number of fused-ring (bicyclic) bond motifs is 1. The molecule has 1 aromatic heterocycles. The van der Waals surface area contributed by atoms with E-state index in [1.807, 2.05) is 18.2 Å². The van der Waals surface area contributed by atoms with E-state index in [0.717, 1.165) is 11.3 Å². The van der Waals surface area contributed by atoms with Gasteiger partial charge in [0.05, 0.1) is 18.2 Å². The Morgan fingerprint density at radius 3 is 2.16 bits per heavy atom. The second kappa shape index (κ2) is 10.4. The third-order valence-electron chi connectivity index (χ3n) is 5.09. The van der Waals surface area contributed by atoms with Gasteiger partial charge in [-0.25, -0.2) is 5.43 Å². The Bertz CT molecular complexity index is 1440. The highest BCUT2D eigenvalue weighted by atomic mass is 16.7. The molecule has 0 aliphatic carbocycles. The van der Waals surface area contributed by atoms with Crippen LogP contribution in [0.4, 0.5) is 34.9 Å². The third kappa shape index (κ3) is 5.79. The van der Waals surface area contributed by atoms with Crippen LogP contribution in [0.5, 0.6) is 17.2 Å². The molecule has 0 atom stereocenters. The van der Waals surface area contributed by atoms with Crippen LogP contribution >= 0.6 is 0 Å². The summed E-state index contributed by atoms with van der Waals surface area (Å²) >= 11 is 0. The van der Waals surface area contributed by atoms with Gasteiger partial charge in [-0.3, -0.25) is 10.1 Å². The molecule has 0 bridgehead atoms. The first-order valence-corrected chi connectivity index (χ1v) is 10.9. The molecule has 5 rings (SSSR count). The molecule has 1 aliphatic heterocycles. The van der Waals surface area contributed by atoms with E-state index in [4.69, 9.17) is 14.2 Å². The van der Waals surface area contributed by atoms with Crippen molar-refractivity contribution in [2.75, 3.05) is 30.0 Å². The van der Waals surface area contributed by atoms with Crippen LogP contribution in [0, 0.1) is 10.1 Å². The molecule has 3 N–H and O–H groups in total. The smallest absolute Gasteiger partial charge is 0.269 e. The molecule has 13 heteroatoms. The average molecular weight is 500 g/mol. The number of nitrogens with zero attached hydrogens (tertiary/aromatic N) is 5. The summed E-state index contributed by atoms with van der Waals surface area (Å²) in [6.07, 6.45) is 1.59. The van der Waals surface area contributed by atoms with Gasteiger partial charge in [-0.1, -0.05) is 0 Å². The van der Waals surface area contributed by atoms with E-state index in [1.54, 1.807) is 49.7 Å². The molecule has 186 valence electrons. The number of anilines is 5. The fourth-order valence-corrected chi connectivity index (χ4v) is 3.29. The minimum atomic E-state index is -0.468. The lowest BCUT2D eigenvalue weighted by Gasteiger charge is -2.10. The van der Waals surface area contributed by atoms with E-state index in [2.05, 4.69) is 36.1 Å². The minimum Gasteiger partial charge on any atom is -0.497 e. The number of aromatic nitrogens is 3. The van der Waals surface area contributed by atoms with Crippen LogP contribution < -0.4 is 30.3 Å². The van der Waals surface area contributed by atoms with Gasteiger partial charge in [0.1, 0.15) is 5.75 Å². The van der Waals surface area contributed by atoms with E-state index in [1.165, 1.54) is 12.1 Å². The second-order valence-corrected chi connectivity index (χ2v) is 7.57. The van der Waals surface area contributed by atoms with Crippen LogP contribution in [0.25, 0.3) is 0 Å². The Morgan fingerprint density at radius 2 is 1.51 bits per heavy atom. The molecule has 4 aromatic rings. The van der Waals surface area contributed by atoms with Crippen molar-refractivity contribution in [3.63, 3.8) is 0 Å². The zero-order valence-electron chi connectivity index (χ0n) is 19.4. The van der Waals surface area contributed by atoms with Crippen molar-refractivity contribution in [1.29, 1.82) is 0 Å². The summed E-state index contributed by atoms with van der Waals surface area (Å²) in [5, 5.41) is 21.3. The van der Waals surface area contributed by atoms with Crippen LogP contribution in [-0.2, 0) is 0 Å². The van der Waals surface area contributed by atoms with Gasteiger partial charge in [0, 0.05) is 23.5 Å². The van der Waals surface area contributed by atoms with Gasteiger partial charge in [0.2, 0.25) is 24.6 Å². The van der Waals surface area contributed by atoms with Crippen molar-refractivity contribution >= 4 is 41.1 Å². The molecule has 2 heterocycles. The van der Waals surface area contributed by atoms with E-state index >= 15 is 0 Å². The first kappa shape index (κ1) is 23.3. The van der Waals surface area contributed by atoms with Crippen molar-refractivity contribution < 1.29 is 19.1 Å². The highest BCUT2D eigenvalue weighted by molar-refractivity contribution is 5.81. The maximum Gasteiger partial charge on any atom is 0.269 e. The quantitative estimate of drug-likeness (QED) is 0.169. The molecular formula is C24H20N8O5. The van der Waals surface area contributed by atoms with Crippen molar-refractivity contribution in [3.8, 4) is 17.2 Å². The third-order valence-corrected chi connectivity index (χ3v) is 5.09. The van der Waals surface area contributed by atoms with Gasteiger partial charge in [0.25, 0.3) is 5.69 Å². The Kier molecular flexibility index (Phi) is 6.57. The molecular weight excluding hydrogens is 480 g/mol. The standard InChI is InChI=1S/C24H20N8O5/c1-35-19-9-5-17(6-10-19)27-23-28-22(26-16-3-7-18(8-4-16)32(33)34)29-24(30-23)31-25-13-15-2-11-20-21(12-15)37-14-36-20/h2-13H,14H2,1H3,(H3,26,27,28,29,30,31)/b25-13-. The number of hydrazone groups is 1. The maximum absolute atomic E-state index is 10.9. The topological polar surface area (TPSA) is 158 Å². The highest BCUT2D eigenvalue weighted by Crippen LogP contribution is 2.32. The Morgan fingerprint density at radius 1 is 0.892 bits per heavy atom. The number of nitro benzene ring substituents is 1. The molecule has 3 aromatic carbocycles. The molecule has 0 saturated heterocycles. The number of hydrogen-bond donors (Lipinski definition) is 3. The normalized spacial score (nSPS) is 11.8. The van der Waals surface area contributed by atoms with Gasteiger partial charge in [-0.15, -0.1) is 0 Å². The SMILES string of the molecule is COc1ccc(Nc2nc(N/N=C\c3ccc4c(c3)OCO4)nc(Nc3ccc([N+](=O)[O-])cc3)n2)cc1. The van der Waals surface area contributed by atoms with Crippen LogP contribution in [0.2, 0.25) is 0 Å². The molecule has 13 nitrogen and oxygen atoms in total. The number of hydrogen-bond acceptors (Lipinski definition) is 12. The van der Waals surface area contributed by atoms with Gasteiger partial charge >= 0.3 is 0 Å². The number of nitro groups is 1. The fraction of sp³-hybridized carbons (Fsp3) is 0.0833. The molecule has 0 amide bonds. The number of ether oxygens (including phenoxy) is 3. The Hall–Kier alpha value is -5.46. The summed E-state index contributed by atoms with van der Waals surface area (Å²) in [5.41, 5.74) is 4.84. The van der Waals surface area contributed by atoms with Gasteiger partial charge < -0.3 is 24.8 Å². The van der Waals surface area contributed by atoms with Crippen molar-refractivity contribution in [2.45, 2.75) is 0 Å². The summed E-state index contributed by atoms with van der Waals surface area (Å²) < 4.78 is 15.9. The predicted octanol–water partition coefficient (Wildman–Crippen LogP) is 4.45. The molecule has 0 saturated carbocycles. The molecule has 1 aliphatic rings. The zero-order chi connectivity index (χ0) is 25.6. The van der Waals surface area contributed by atoms with Crippen LogP contribution in [0.1, 0.15) is 5.56 Å². The highest BCUT2D eigenvalue weighted by Gasteiger charge is 2.13. The van der Waals surface area contributed by atoms with Gasteiger partial charge in [-0.2, -0.15) is 20.1 Å². The zero-order valence-corrected chi connectivity index (χ0v) is 19.4. The Balaban J connectivity index is 1.37. The second-order valence-electron chi connectivity index (χ2n) is 7.57. The number of rotatable bonds is 9. The van der Waals surface area contributed by atoms with E-state index in [9.17, 15) is 10.1 Å². The summed E-state index contributed by atoms with van der Waals surface area (Å²) in [6.45, 7) is 0.188. The Labute approximate surface area is 210 Å². The van der Waals surface area contributed by atoms with Crippen LogP contribution in [-0.4, -0.2) is 40.0 Å². The molecule has 0 radical (unpaired) electrons. The van der Waals surface area contributed by atoms with E-state index in [-0.39, 0.29) is 30.3 Å². The summed E-state index contributed by atoms with van der Waals surface area (Å²) in [4.78, 5) is 23.6. The number of methoxy groups -OCH3 is 1. The van der Waals surface area contributed by atoms with Crippen LogP contribution in [0.3, 0.4) is 0 Å².